The summed E-state index contributed by atoms with van der Waals surface area (Å²) in [6.07, 6.45) is -1.46. The minimum Gasteiger partial charge on any atom is -0.388 e. The first kappa shape index (κ1) is 19.7. The summed E-state index contributed by atoms with van der Waals surface area (Å²) >= 11 is 5.76. The Morgan fingerprint density at radius 2 is 1.93 bits per heavy atom. The van der Waals surface area contributed by atoms with Crippen LogP contribution in [0.1, 0.15) is 40.7 Å². The number of pyridine rings is 1. The van der Waals surface area contributed by atoms with Gasteiger partial charge in [0.05, 0.1) is 16.8 Å². The van der Waals surface area contributed by atoms with E-state index in [1.807, 2.05) is 0 Å². The average molecular weight is 424 g/mol. The molecule has 2 aromatic rings. The molecule has 0 unspecified atom stereocenters. The van der Waals surface area contributed by atoms with E-state index in [0.717, 1.165) is 12.1 Å². The second kappa shape index (κ2) is 7.33. The van der Waals surface area contributed by atoms with Gasteiger partial charge in [0.2, 0.25) is 0 Å². The van der Waals surface area contributed by atoms with Crippen molar-refractivity contribution >= 4 is 23.2 Å². The maximum atomic E-state index is 13.0. The zero-order valence-electron chi connectivity index (χ0n) is 15.2. The topological polar surface area (TPSA) is 54.8 Å². The second-order valence-electron chi connectivity index (χ2n) is 7.23. The molecule has 9 heteroatoms. The molecule has 0 bridgehead atoms. The van der Waals surface area contributed by atoms with Crippen LogP contribution in [0.25, 0.3) is 0 Å². The molecule has 4 rings (SSSR count). The molecule has 3 heterocycles. The van der Waals surface area contributed by atoms with Crippen LogP contribution in [0.3, 0.4) is 0 Å². The van der Waals surface area contributed by atoms with Crippen LogP contribution in [0.5, 0.6) is 0 Å². The van der Waals surface area contributed by atoms with Crippen LogP contribution < -0.4 is 0 Å². The van der Waals surface area contributed by atoms with E-state index < -0.39 is 17.3 Å². The Morgan fingerprint density at radius 3 is 2.59 bits per heavy atom. The first-order valence-electron chi connectivity index (χ1n) is 9.09. The fraction of sp³-hybridized carbons (Fsp3) is 0.350. The molecule has 5 nitrogen and oxygen atoms in total. The molecule has 0 radical (unpaired) electrons. The Bertz CT molecular complexity index is 952. The highest BCUT2D eigenvalue weighted by atomic mass is 35.5. The van der Waals surface area contributed by atoms with Crippen LogP contribution in [0.2, 0.25) is 5.15 Å². The van der Waals surface area contributed by atoms with Crippen LogP contribution in [-0.4, -0.2) is 40.2 Å². The molecule has 1 amide bonds. The molecule has 29 heavy (non-hydrogen) atoms. The van der Waals surface area contributed by atoms with Gasteiger partial charge in [0, 0.05) is 44.1 Å². The van der Waals surface area contributed by atoms with Crippen molar-refractivity contribution in [3.63, 3.8) is 0 Å². The van der Waals surface area contributed by atoms with Gasteiger partial charge in [0.1, 0.15) is 10.8 Å². The Balaban J connectivity index is 1.41. The molecular weight excluding hydrogens is 407 g/mol. The maximum Gasteiger partial charge on any atom is 0.416 e. The smallest absolute Gasteiger partial charge is 0.388 e. The zero-order chi connectivity index (χ0) is 20.6. The van der Waals surface area contributed by atoms with Gasteiger partial charge in [0.25, 0.3) is 5.91 Å². The molecule has 1 fully saturated rings. The number of nitrogens with zero attached hydrogens (tertiary/aromatic N) is 3. The number of oxime groups is 1. The minimum atomic E-state index is -4.41. The highest BCUT2D eigenvalue weighted by molar-refractivity contribution is 6.29. The minimum absolute atomic E-state index is 0.138. The standard InChI is InChI=1S/C20H17ClF3N3O2/c21-17-5-4-14(12-25-17)18(28)27-8-6-19(7-9-27)11-16(26-29-19)13-2-1-3-15(10-13)20(22,23)24/h1-5,10,12H,6-9,11H2. The van der Waals surface area contributed by atoms with Gasteiger partial charge < -0.3 is 9.74 Å². The Labute approximate surface area is 170 Å². The van der Waals surface area contributed by atoms with E-state index in [1.54, 1.807) is 23.1 Å². The Kier molecular flexibility index (Phi) is 4.98. The lowest BCUT2D eigenvalue weighted by Gasteiger charge is -2.37. The fourth-order valence-electron chi connectivity index (χ4n) is 3.62. The summed E-state index contributed by atoms with van der Waals surface area (Å²) in [6.45, 7) is 0.930. The monoisotopic (exact) mass is 423 g/mol. The summed E-state index contributed by atoms with van der Waals surface area (Å²) in [7, 11) is 0. The molecule has 1 saturated heterocycles. The maximum absolute atomic E-state index is 13.0. The molecule has 1 spiro atoms. The largest absolute Gasteiger partial charge is 0.416 e. The SMILES string of the molecule is O=C(c1ccc(Cl)nc1)N1CCC2(CC1)CC(c1cccc(C(F)(F)F)c1)=NO2. The van der Waals surface area contributed by atoms with Crippen molar-refractivity contribution < 1.29 is 22.8 Å². The van der Waals surface area contributed by atoms with Gasteiger partial charge in [-0.25, -0.2) is 4.98 Å². The highest BCUT2D eigenvalue weighted by Gasteiger charge is 2.43. The summed E-state index contributed by atoms with van der Waals surface area (Å²) in [5.41, 5.74) is 0.0629. The van der Waals surface area contributed by atoms with E-state index in [9.17, 15) is 18.0 Å². The van der Waals surface area contributed by atoms with Crippen LogP contribution in [0.15, 0.2) is 47.8 Å². The summed E-state index contributed by atoms with van der Waals surface area (Å²) in [5, 5.41) is 4.38. The number of carbonyl (C=O) groups is 1. The Hall–Kier alpha value is -2.61. The summed E-state index contributed by atoms with van der Waals surface area (Å²) in [4.78, 5) is 23.9. The molecule has 0 atom stereocenters. The normalized spacial score (nSPS) is 18.5. The third-order valence-electron chi connectivity index (χ3n) is 5.30. The summed E-state index contributed by atoms with van der Waals surface area (Å²) in [6, 6.07) is 8.28. The Morgan fingerprint density at radius 1 is 1.17 bits per heavy atom. The van der Waals surface area contributed by atoms with Crippen molar-refractivity contribution in [2.24, 2.45) is 5.16 Å². The number of halogens is 4. The second-order valence-corrected chi connectivity index (χ2v) is 7.62. The van der Waals surface area contributed by atoms with E-state index in [0.29, 0.717) is 54.3 Å². The van der Waals surface area contributed by atoms with Gasteiger partial charge in [-0.2, -0.15) is 13.2 Å². The van der Waals surface area contributed by atoms with E-state index in [1.165, 1.54) is 12.3 Å². The first-order chi connectivity index (χ1) is 13.8. The van der Waals surface area contributed by atoms with Gasteiger partial charge in [-0.15, -0.1) is 0 Å². The number of amides is 1. The molecular formula is C20H17ClF3N3O2. The number of likely N-dealkylation sites (tertiary alicyclic amines) is 1. The molecule has 2 aliphatic rings. The van der Waals surface area contributed by atoms with Crippen molar-refractivity contribution in [2.75, 3.05) is 13.1 Å². The number of hydrogen-bond donors (Lipinski definition) is 0. The van der Waals surface area contributed by atoms with Gasteiger partial charge in [-0.3, -0.25) is 4.79 Å². The van der Waals surface area contributed by atoms with E-state index >= 15 is 0 Å². The number of rotatable bonds is 2. The quantitative estimate of drug-likeness (QED) is 0.666. The number of carbonyl (C=O) groups excluding carboxylic acids is 1. The molecule has 1 aromatic heterocycles. The summed E-state index contributed by atoms with van der Waals surface area (Å²) < 4.78 is 38.9. The molecule has 0 saturated carbocycles. The molecule has 152 valence electrons. The summed E-state index contributed by atoms with van der Waals surface area (Å²) in [5.74, 6) is -0.138. The van der Waals surface area contributed by atoms with E-state index in [2.05, 4.69) is 10.1 Å². The van der Waals surface area contributed by atoms with Crippen molar-refractivity contribution in [3.8, 4) is 0 Å². The average Bonchev–Trinajstić information content (AvgIpc) is 3.12. The molecule has 0 aliphatic carbocycles. The van der Waals surface area contributed by atoms with Gasteiger partial charge >= 0.3 is 6.18 Å². The fourth-order valence-corrected chi connectivity index (χ4v) is 3.73. The zero-order valence-corrected chi connectivity index (χ0v) is 16.0. The highest BCUT2D eigenvalue weighted by Crippen LogP contribution is 2.37. The van der Waals surface area contributed by atoms with Crippen LogP contribution >= 0.6 is 11.6 Å². The predicted molar refractivity (Wildman–Crippen MR) is 101 cm³/mol. The number of aromatic nitrogens is 1. The lowest BCUT2D eigenvalue weighted by molar-refractivity contribution is -0.137. The van der Waals surface area contributed by atoms with Gasteiger partial charge in [0.15, 0.2) is 0 Å². The first-order valence-corrected chi connectivity index (χ1v) is 9.47. The number of benzene rings is 1. The molecule has 2 aliphatic heterocycles. The van der Waals surface area contributed by atoms with Crippen LogP contribution in [0.4, 0.5) is 13.2 Å². The van der Waals surface area contributed by atoms with Crippen molar-refractivity contribution in [1.29, 1.82) is 0 Å². The lowest BCUT2D eigenvalue weighted by Crippen LogP contribution is -2.46. The number of piperidine rings is 1. The van der Waals surface area contributed by atoms with Crippen molar-refractivity contribution in [2.45, 2.75) is 31.0 Å². The third-order valence-corrected chi connectivity index (χ3v) is 5.52. The van der Waals surface area contributed by atoms with Crippen LogP contribution in [-0.2, 0) is 11.0 Å². The lowest BCUT2D eigenvalue weighted by atomic mass is 9.85. The van der Waals surface area contributed by atoms with Gasteiger partial charge in [-0.1, -0.05) is 28.9 Å². The van der Waals surface area contributed by atoms with E-state index in [-0.39, 0.29) is 5.91 Å². The number of alkyl halides is 3. The molecule has 0 N–H and O–H groups in total. The molecule has 1 aromatic carbocycles. The third kappa shape index (κ3) is 4.07. The van der Waals surface area contributed by atoms with Crippen molar-refractivity contribution in [1.82, 2.24) is 9.88 Å². The van der Waals surface area contributed by atoms with Gasteiger partial charge in [-0.05, 0) is 24.3 Å². The number of hydrogen-bond acceptors (Lipinski definition) is 4. The predicted octanol–water partition coefficient (Wildman–Crippen LogP) is 4.55. The van der Waals surface area contributed by atoms with Crippen LogP contribution in [0, 0.1) is 0 Å². The van der Waals surface area contributed by atoms with E-state index in [4.69, 9.17) is 16.4 Å². The van der Waals surface area contributed by atoms with Crippen molar-refractivity contribution in [3.05, 3.63) is 64.4 Å².